The summed E-state index contributed by atoms with van der Waals surface area (Å²) >= 11 is 0. The van der Waals surface area contributed by atoms with Gasteiger partial charge >= 0.3 is 6.18 Å². The molecule has 0 heterocycles. The van der Waals surface area contributed by atoms with Crippen LogP contribution in [0.25, 0.3) is 0 Å². The van der Waals surface area contributed by atoms with E-state index in [1.165, 1.54) is 18.6 Å². The Morgan fingerprint density at radius 2 is 1.84 bits per heavy atom. The molecule has 2 fully saturated rings. The molecule has 102 valence electrons. The predicted octanol–water partition coefficient (Wildman–Crippen LogP) is 3.69. The summed E-state index contributed by atoms with van der Waals surface area (Å²) in [6.07, 6.45) is -1.39. The fourth-order valence-corrected chi connectivity index (χ4v) is 2.95. The third-order valence-corrected chi connectivity index (χ3v) is 4.07. The minimum absolute atomic E-state index is 0.0294. The van der Waals surface area contributed by atoms with Crippen LogP contribution < -0.4 is 5.32 Å². The molecule has 2 aliphatic rings. The van der Waals surface area contributed by atoms with Gasteiger partial charge in [0.15, 0.2) is 0 Å². The van der Waals surface area contributed by atoms with Gasteiger partial charge in [0.1, 0.15) is 0 Å². The first-order chi connectivity index (χ1) is 8.93. The van der Waals surface area contributed by atoms with Crippen LogP contribution in [-0.2, 0) is 11.0 Å². The second-order valence-corrected chi connectivity index (χ2v) is 5.49. The number of amides is 1. The number of nitrogens with one attached hydrogen (secondary N) is 1. The summed E-state index contributed by atoms with van der Waals surface area (Å²) < 4.78 is 37.7. The average molecular weight is 269 g/mol. The predicted molar refractivity (Wildman–Crippen MR) is 64.4 cm³/mol. The first kappa shape index (κ1) is 12.5. The molecule has 5 heteroatoms. The fourth-order valence-electron chi connectivity index (χ4n) is 2.95. The number of carbonyl (C=O) groups excluding carboxylic acids is 1. The van der Waals surface area contributed by atoms with Crippen LogP contribution in [0.2, 0.25) is 0 Å². The van der Waals surface area contributed by atoms with Crippen molar-refractivity contribution in [1.29, 1.82) is 0 Å². The van der Waals surface area contributed by atoms with Crippen molar-refractivity contribution in [2.24, 2.45) is 17.8 Å². The molecule has 2 unspecified atom stereocenters. The lowest BCUT2D eigenvalue weighted by Crippen LogP contribution is -2.21. The molecule has 0 aliphatic heterocycles. The lowest BCUT2D eigenvalue weighted by molar-refractivity contribution is -0.137. The first-order valence-electron chi connectivity index (χ1n) is 6.41. The van der Waals surface area contributed by atoms with E-state index >= 15 is 0 Å². The molecule has 2 saturated carbocycles. The zero-order valence-corrected chi connectivity index (χ0v) is 10.2. The fraction of sp³-hybridized carbons (Fsp3) is 0.500. The Kier molecular flexibility index (Phi) is 2.80. The van der Waals surface area contributed by atoms with Crippen LogP contribution in [0.15, 0.2) is 24.3 Å². The number of alkyl halides is 3. The topological polar surface area (TPSA) is 29.1 Å². The normalized spacial score (nSPS) is 28.9. The number of hydrogen-bond acceptors (Lipinski definition) is 1. The highest BCUT2D eigenvalue weighted by molar-refractivity contribution is 5.93. The van der Waals surface area contributed by atoms with Crippen molar-refractivity contribution in [3.63, 3.8) is 0 Å². The molecule has 0 spiro atoms. The van der Waals surface area contributed by atoms with E-state index in [1.54, 1.807) is 0 Å². The number of anilines is 1. The van der Waals surface area contributed by atoms with Crippen LogP contribution in [0.4, 0.5) is 18.9 Å². The minimum atomic E-state index is -4.38. The molecule has 1 amide bonds. The van der Waals surface area contributed by atoms with Crippen LogP contribution in [0, 0.1) is 17.8 Å². The van der Waals surface area contributed by atoms with Crippen molar-refractivity contribution >= 4 is 11.6 Å². The summed E-state index contributed by atoms with van der Waals surface area (Å²) in [5, 5.41) is 2.60. The summed E-state index contributed by atoms with van der Waals surface area (Å²) in [5.74, 6) is 1.18. The van der Waals surface area contributed by atoms with E-state index < -0.39 is 11.7 Å². The third kappa shape index (κ3) is 2.60. The molecule has 19 heavy (non-hydrogen) atoms. The van der Waals surface area contributed by atoms with Gasteiger partial charge in [0, 0.05) is 11.6 Å². The summed E-state index contributed by atoms with van der Waals surface area (Å²) in [6.45, 7) is 0. The largest absolute Gasteiger partial charge is 0.416 e. The van der Waals surface area contributed by atoms with Crippen LogP contribution >= 0.6 is 0 Å². The second kappa shape index (κ2) is 4.25. The Balaban J connectivity index is 1.67. The van der Waals surface area contributed by atoms with E-state index in [2.05, 4.69) is 5.32 Å². The third-order valence-electron chi connectivity index (χ3n) is 4.07. The smallest absolute Gasteiger partial charge is 0.326 e. The van der Waals surface area contributed by atoms with Crippen molar-refractivity contribution in [3.8, 4) is 0 Å². The van der Waals surface area contributed by atoms with Gasteiger partial charge in [-0.15, -0.1) is 0 Å². The number of hydrogen-bond donors (Lipinski definition) is 1. The van der Waals surface area contributed by atoms with Crippen LogP contribution in [0.3, 0.4) is 0 Å². The maximum Gasteiger partial charge on any atom is 0.416 e. The highest BCUT2D eigenvalue weighted by Crippen LogP contribution is 2.54. The van der Waals surface area contributed by atoms with Crippen molar-refractivity contribution in [3.05, 3.63) is 29.8 Å². The highest BCUT2D eigenvalue weighted by Gasteiger charge is 2.48. The van der Waals surface area contributed by atoms with Gasteiger partial charge in [-0.1, -0.05) is 6.07 Å². The maximum atomic E-state index is 12.6. The van der Waals surface area contributed by atoms with Crippen molar-refractivity contribution in [2.75, 3.05) is 5.32 Å². The molecule has 0 saturated heterocycles. The van der Waals surface area contributed by atoms with Crippen molar-refractivity contribution in [1.82, 2.24) is 0 Å². The lowest BCUT2D eigenvalue weighted by Gasteiger charge is -2.13. The molecule has 2 atom stereocenters. The lowest BCUT2D eigenvalue weighted by atomic mass is 10.0. The summed E-state index contributed by atoms with van der Waals surface area (Å²) in [4.78, 5) is 11.9. The number of halogens is 3. The van der Waals surface area contributed by atoms with Crippen LogP contribution in [0.5, 0.6) is 0 Å². The number of rotatable bonds is 2. The molecule has 2 nitrogen and oxygen atoms in total. The Labute approximate surface area is 109 Å². The highest BCUT2D eigenvalue weighted by atomic mass is 19.4. The monoisotopic (exact) mass is 269 g/mol. The van der Waals surface area contributed by atoms with Gasteiger partial charge in [-0.2, -0.15) is 13.2 Å². The quantitative estimate of drug-likeness (QED) is 0.871. The first-order valence-corrected chi connectivity index (χ1v) is 6.41. The van der Waals surface area contributed by atoms with E-state index in [-0.39, 0.29) is 17.5 Å². The second-order valence-electron chi connectivity index (χ2n) is 5.49. The van der Waals surface area contributed by atoms with Gasteiger partial charge in [0.05, 0.1) is 5.56 Å². The van der Waals surface area contributed by atoms with Gasteiger partial charge < -0.3 is 5.32 Å². The van der Waals surface area contributed by atoms with E-state index in [4.69, 9.17) is 0 Å². The molecular formula is C14H14F3NO. The molecule has 0 aromatic heterocycles. The Morgan fingerprint density at radius 3 is 2.47 bits per heavy atom. The van der Waals surface area contributed by atoms with E-state index in [9.17, 15) is 18.0 Å². The van der Waals surface area contributed by atoms with Crippen LogP contribution in [-0.4, -0.2) is 5.91 Å². The standard InChI is InChI=1S/C14H14F3NO/c15-14(16,17)11-2-1-3-12(7-11)18-13(19)10-5-8-4-9(8)6-10/h1-3,7-10H,4-6H2,(H,18,19). The van der Waals surface area contributed by atoms with E-state index in [0.717, 1.165) is 25.0 Å². The molecular weight excluding hydrogens is 255 g/mol. The van der Waals surface area contributed by atoms with Gasteiger partial charge in [-0.3, -0.25) is 4.79 Å². The summed E-state index contributed by atoms with van der Waals surface area (Å²) in [5.41, 5.74) is -0.514. The van der Waals surface area contributed by atoms with Gasteiger partial charge in [-0.05, 0) is 49.3 Å². The number of benzene rings is 1. The summed E-state index contributed by atoms with van der Waals surface area (Å²) in [7, 11) is 0. The summed E-state index contributed by atoms with van der Waals surface area (Å²) in [6, 6.07) is 4.78. The van der Waals surface area contributed by atoms with Crippen LogP contribution in [0.1, 0.15) is 24.8 Å². The Bertz CT molecular complexity index is 502. The number of carbonyl (C=O) groups is 1. The van der Waals surface area contributed by atoms with Gasteiger partial charge in [-0.25, -0.2) is 0 Å². The maximum absolute atomic E-state index is 12.6. The average Bonchev–Trinajstić information content (AvgIpc) is 2.95. The van der Waals surface area contributed by atoms with Gasteiger partial charge in [0.25, 0.3) is 0 Å². The van der Waals surface area contributed by atoms with E-state index in [0.29, 0.717) is 11.8 Å². The minimum Gasteiger partial charge on any atom is -0.326 e. The molecule has 1 aromatic carbocycles. The molecule has 0 radical (unpaired) electrons. The van der Waals surface area contributed by atoms with Crippen molar-refractivity contribution < 1.29 is 18.0 Å². The zero-order valence-electron chi connectivity index (χ0n) is 10.2. The molecule has 1 aromatic rings. The van der Waals surface area contributed by atoms with E-state index in [1.807, 2.05) is 0 Å². The molecule has 0 bridgehead atoms. The molecule has 1 N–H and O–H groups in total. The SMILES string of the molecule is O=C(Nc1cccc(C(F)(F)F)c1)C1CC2CC2C1. The zero-order chi connectivity index (χ0) is 13.6. The van der Waals surface area contributed by atoms with Crippen molar-refractivity contribution in [2.45, 2.75) is 25.4 Å². The Morgan fingerprint density at radius 1 is 1.16 bits per heavy atom. The molecule has 2 aliphatic carbocycles. The Hall–Kier alpha value is -1.52. The van der Waals surface area contributed by atoms with Gasteiger partial charge in [0.2, 0.25) is 5.91 Å². The number of fused-ring (bicyclic) bond motifs is 1. The molecule has 3 rings (SSSR count).